The van der Waals surface area contributed by atoms with E-state index >= 15 is 0 Å². The van der Waals surface area contributed by atoms with Crippen LogP contribution in [0.2, 0.25) is 0 Å². The predicted octanol–water partition coefficient (Wildman–Crippen LogP) is 2.54. The molecule has 0 radical (unpaired) electrons. The van der Waals surface area contributed by atoms with E-state index in [1.165, 1.54) is 19.3 Å². The van der Waals surface area contributed by atoms with Gasteiger partial charge in [-0.25, -0.2) is 4.98 Å². The van der Waals surface area contributed by atoms with E-state index in [2.05, 4.69) is 17.2 Å². The van der Waals surface area contributed by atoms with Crippen molar-refractivity contribution in [3.8, 4) is 0 Å². The van der Waals surface area contributed by atoms with Crippen molar-refractivity contribution in [2.24, 2.45) is 5.92 Å². The van der Waals surface area contributed by atoms with Gasteiger partial charge in [0.05, 0.1) is 6.20 Å². The van der Waals surface area contributed by atoms with E-state index in [0.717, 1.165) is 11.1 Å². The van der Waals surface area contributed by atoms with Gasteiger partial charge >= 0.3 is 0 Å². The fraction of sp³-hybridized carbons (Fsp3) is 0.727. The number of rotatable bonds is 3. The van der Waals surface area contributed by atoms with Crippen LogP contribution in [0.4, 0.5) is 0 Å². The Morgan fingerprint density at radius 3 is 3.07 bits per heavy atom. The summed E-state index contributed by atoms with van der Waals surface area (Å²) in [6.45, 7) is 2.33. The highest BCUT2D eigenvalue weighted by Crippen LogP contribution is 2.35. The van der Waals surface area contributed by atoms with Crippen LogP contribution in [-0.2, 0) is 0 Å². The van der Waals surface area contributed by atoms with Crippen molar-refractivity contribution in [1.29, 1.82) is 0 Å². The second-order valence-corrected chi connectivity index (χ2v) is 5.46. The number of nitrogens with zero attached hydrogens (tertiary/aromatic N) is 1. The van der Waals surface area contributed by atoms with Gasteiger partial charge in [-0.3, -0.25) is 0 Å². The molecule has 0 aliphatic heterocycles. The second kappa shape index (κ2) is 5.03. The molecule has 1 aliphatic rings. The largest absolute Gasteiger partial charge is 0.440 e. The second-order valence-electron chi connectivity index (χ2n) is 4.27. The summed E-state index contributed by atoms with van der Waals surface area (Å²) in [4.78, 5) is 4.17. The van der Waals surface area contributed by atoms with Crippen molar-refractivity contribution < 1.29 is 4.42 Å². The minimum absolute atomic E-state index is 0.595. The summed E-state index contributed by atoms with van der Waals surface area (Å²) < 4.78 is 5.29. The lowest BCUT2D eigenvalue weighted by atomic mass is 9.87. The molecule has 3 atom stereocenters. The van der Waals surface area contributed by atoms with Gasteiger partial charge in [-0.15, -0.1) is 0 Å². The molecule has 1 heterocycles. The fourth-order valence-corrected chi connectivity index (χ4v) is 3.54. The van der Waals surface area contributed by atoms with Crippen molar-refractivity contribution in [2.45, 2.75) is 42.7 Å². The standard InChI is InChI=1S/C11H18N2OS/c1-8-3-4-9(12-2)10(7-8)15-11-13-5-6-14-11/h5-6,8-10,12H,3-4,7H2,1-2H3. The van der Waals surface area contributed by atoms with Crippen LogP contribution in [0, 0.1) is 5.92 Å². The Balaban J connectivity index is 1.98. The average molecular weight is 226 g/mol. The molecule has 1 N–H and O–H groups in total. The smallest absolute Gasteiger partial charge is 0.255 e. The highest BCUT2D eigenvalue weighted by atomic mass is 32.2. The van der Waals surface area contributed by atoms with Crippen LogP contribution >= 0.6 is 11.8 Å². The van der Waals surface area contributed by atoms with Crippen LogP contribution < -0.4 is 5.32 Å². The summed E-state index contributed by atoms with van der Waals surface area (Å²) >= 11 is 1.77. The molecule has 4 heteroatoms. The molecule has 84 valence electrons. The number of hydrogen-bond donors (Lipinski definition) is 1. The Hall–Kier alpha value is -0.480. The molecule has 0 aromatic carbocycles. The Morgan fingerprint density at radius 2 is 2.40 bits per heavy atom. The van der Waals surface area contributed by atoms with Crippen LogP contribution in [-0.4, -0.2) is 23.3 Å². The van der Waals surface area contributed by atoms with Gasteiger partial charge in [-0.2, -0.15) is 0 Å². The highest BCUT2D eigenvalue weighted by Gasteiger charge is 2.29. The van der Waals surface area contributed by atoms with E-state index in [0.29, 0.717) is 11.3 Å². The Bertz CT molecular complexity index is 289. The molecule has 0 saturated heterocycles. The molecule has 0 spiro atoms. The van der Waals surface area contributed by atoms with Crippen LogP contribution in [0.5, 0.6) is 0 Å². The van der Waals surface area contributed by atoms with Crippen molar-refractivity contribution in [2.75, 3.05) is 7.05 Å². The maximum Gasteiger partial charge on any atom is 0.255 e. The van der Waals surface area contributed by atoms with Crippen LogP contribution in [0.3, 0.4) is 0 Å². The number of thioether (sulfide) groups is 1. The fourth-order valence-electron chi connectivity index (χ4n) is 2.19. The summed E-state index contributed by atoms with van der Waals surface area (Å²) in [7, 11) is 2.05. The molecule has 1 aromatic rings. The first-order valence-corrected chi connectivity index (χ1v) is 6.41. The minimum atomic E-state index is 0.595. The number of hydrogen-bond acceptors (Lipinski definition) is 4. The number of nitrogens with one attached hydrogen (secondary N) is 1. The topological polar surface area (TPSA) is 38.1 Å². The Kier molecular flexibility index (Phi) is 3.70. The molecule has 2 rings (SSSR count). The van der Waals surface area contributed by atoms with Gasteiger partial charge in [0, 0.05) is 11.3 Å². The molecule has 3 unspecified atom stereocenters. The quantitative estimate of drug-likeness (QED) is 0.859. The molecule has 1 fully saturated rings. The molecule has 3 nitrogen and oxygen atoms in total. The van der Waals surface area contributed by atoms with Crippen LogP contribution in [0.1, 0.15) is 26.2 Å². The summed E-state index contributed by atoms with van der Waals surface area (Å²) in [5, 5.41) is 4.79. The molecule has 1 aromatic heterocycles. The average Bonchev–Trinajstić information content (AvgIpc) is 2.71. The maximum atomic E-state index is 5.29. The van der Waals surface area contributed by atoms with Gasteiger partial charge in [0.2, 0.25) is 0 Å². The van der Waals surface area contributed by atoms with E-state index in [1.54, 1.807) is 24.2 Å². The van der Waals surface area contributed by atoms with Crippen molar-refractivity contribution in [3.05, 3.63) is 12.5 Å². The van der Waals surface area contributed by atoms with Crippen LogP contribution in [0.15, 0.2) is 22.1 Å². The zero-order chi connectivity index (χ0) is 10.7. The van der Waals surface area contributed by atoms with Crippen molar-refractivity contribution in [1.82, 2.24) is 10.3 Å². The molecule has 0 amide bonds. The van der Waals surface area contributed by atoms with Crippen molar-refractivity contribution in [3.63, 3.8) is 0 Å². The normalized spacial score (nSPS) is 31.7. The zero-order valence-electron chi connectivity index (χ0n) is 9.27. The van der Waals surface area contributed by atoms with E-state index in [1.807, 2.05) is 7.05 Å². The third-order valence-electron chi connectivity index (χ3n) is 3.09. The molecular weight excluding hydrogens is 208 g/mol. The van der Waals surface area contributed by atoms with Gasteiger partial charge in [0.1, 0.15) is 6.26 Å². The first kappa shape index (κ1) is 11.0. The van der Waals surface area contributed by atoms with E-state index in [4.69, 9.17) is 4.42 Å². The summed E-state index contributed by atoms with van der Waals surface area (Å²) in [5.41, 5.74) is 0. The molecule has 1 aliphatic carbocycles. The Morgan fingerprint density at radius 1 is 1.53 bits per heavy atom. The summed E-state index contributed by atoms with van der Waals surface area (Å²) in [5.74, 6) is 0.821. The summed E-state index contributed by atoms with van der Waals surface area (Å²) in [6.07, 6.45) is 7.19. The first-order chi connectivity index (χ1) is 7.29. The molecule has 1 saturated carbocycles. The first-order valence-electron chi connectivity index (χ1n) is 5.53. The molecule has 15 heavy (non-hydrogen) atoms. The SMILES string of the molecule is CNC1CCC(C)CC1Sc1ncco1. The molecular formula is C11H18N2OS. The maximum absolute atomic E-state index is 5.29. The van der Waals surface area contributed by atoms with Gasteiger partial charge in [-0.1, -0.05) is 18.7 Å². The minimum Gasteiger partial charge on any atom is -0.440 e. The van der Waals surface area contributed by atoms with Gasteiger partial charge < -0.3 is 9.73 Å². The zero-order valence-corrected chi connectivity index (χ0v) is 10.1. The van der Waals surface area contributed by atoms with Crippen LogP contribution in [0.25, 0.3) is 0 Å². The van der Waals surface area contributed by atoms with Crippen molar-refractivity contribution >= 4 is 11.8 Å². The Labute approximate surface area is 95.0 Å². The van der Waals surface area contributed by atoms with Gasteiger partial charge in [-0.05, 0) is 32.2 Å². The van der Waals surface area contributed by atoms with Gasteiger partial charge in [0.15, 0.2) is 0 Å². The van der Waals surface area contributed by atoms with E-state index < -0.39 is 0 Å². The number of aromatic nitrogens is 1. The monoisotopic (exact) mass is 226 g/mol. The summed E-state index contributed by atoms with van der Waals surface area (Å²) in [6, 6.07) is 0.595. The van der Waals surface area contributed by atoms with Gasteiger partial charge in [0.25, 0.3) is 5.22 Å². The van der Waals surface area contributed by atoms with E-state index in [-0.39, 0.29) is 0 Å². The lowest BCUT2D eigenvalue weighted by Gasteiger charge is -2.33. The predicted molar refractivity (Wildman–Crippen MR) is 62.0 cm³/mol. The lowest BCUT2D eigenvalue weighted by Crippen LogP contribution is -2.40. The molecule has 0 bridgehead atoms. The highest BCUT2D eigenvalue weighted by molar-refractivity contribution is 7.99. The lowest BCUT2D eigenvalue weighted by molar-refractivity contribution is 0.326. The third kappa shape index (κ3) is 2.75. The number of oxazole rings is 1. The third-order valence-corrected chi connectivity index (χ3v) is 4.31. The van der Waals surface area contributed by atoms with E-state index in [9.17, 15) is 0 Å².